The molecule has 0 radical (unpaired) electrons. The topological polar surface area (TPSA) is 60.2 Å². The Hall–Kier alpha value is -1.88. The molecule has 114 valence electrons. The van der Waals surface area contributed by atoms with E-state index in [1.807, 2.05) is 31.3 Å². The smallest absolute Gasteiger partial charge is 0.247 e. The van der Waals surface area contributed by atoms with Crippen LogP contribution in [-0.4, -0.2) is 23.9 Å². The van der Waals surface area contributed by atoms with E-state index < -0.39 is 0 Å². The summed E-state index contributed by atoms with van der Waals surface area (Å²) in [4.78, 5) is 0. The second kappa shape index (κ2) is 7.78. The second-order valence-electron chi connectivity index (χ2n) is 4.92. The number of hydrogen-bond acceptors (Lipinski definition) is 5. The van der Waals surface area contributed by atoms with Gasteiger partial charge in [-0.2, -0.15) is 0 Å². The summed E-state index contributed by atoms with van der Waals surface area (Å²) in [6.45, 7) is 4.97. The molecule has 0 aliphatic heterocycles. The van der Waals surface area contributed by atoms with Crippen LogP contribution >= 0.6 is 0 Å². The molecular weight excluding hydrogens is 266 g/mol. The van der Waals surface area contributed by atoms with Gasteiger partial charge in [0.25, 0.3) is 0 Å². The molecule has 2 aromatic rings. The van der Waals surface area contributed by atoms with Crippen LogP contribution in [0, 0.1) is 0 Å². The highest BCUT2D eigenvalue weighted by Crippen LogP contribution is 2.24. The molecule has 0 saturated carbocycles. The minimum atomic E-state index is 0.0999. The van der Waals surface area contributed by atoms with Crippen molar-refractivity contribution in [2.24, 2.45) is 0 Å². The zero-order valence-electron chi connectivity index (χ0n) is 12.9. The maximum absolute atomic E-state index is 5.73. The van der Waals surface area contributed by atoms with Crippen LogP contribution in [0.25, 0.3) is 11.5 Å². The van der Waals surface area contributed by atoms with Crippen molar-refractivity contribution in [1.82, 2.24) is 15.5 Å². The van der Waals surface area contributed by atoms with Crippen molar-refractivity contribution in [2.75, 3.05) is 13.7 Å². The molecule has 1 N–H and O–H groups in total. The van der Waals surface area contributed by atoms with Gasteiger partial charge in [0.2, 0.25) is 11.8 Å². The van der Waals surface area contributed by atoms with Crippen molar-refractivity contribution in [3.8, 4) is 17.2 Å². The maximum atomic E-state index is 5.73. The van der Waals surface area contributed by atoms with Gasteiger partial charge in [0.1, 0.15) is 5.75 Å². The van der Waals surface area contributed by atoms with Gasteiger partial charge in [-0.3, -0.25) is 0 Å². The number of nitrogens with zero attached hydrogens (tertiary/aromatic N) is 2. The molecule has 1 atom stereocenters. The van der Waals surface area contributed by atoms with Crippen molar-refractivity contribution >= 4 is 0 Å². The van der Waals surface area contributed by atoms with Gasteiger partial charge in [-0.25, -0.2) is 0 Å². The Bertz CT molecular complexity index is 533. The summed E-state index contributed by atoms with van der Waals surface area (Å²) in [6, 6.07) is 7.86. The van der Waals surface area contributed by atoms with Crippen LogP contribution in [0.3, 0.4) is 0 Å². The molecule has 0 aliphatic carbocycles. The van der Waals surface area contributed by atoms with Crippen molar-refractivity contribution < 1.29 is 9.15 Å². The van der Waals surface area contributed by atoms with Crippen molar-refractivity contribution in [1.29, 1.82) is 0 Å². The van der Waals surface area contributed by atoms with Gasteiger partial charge >= 0.3 is 0 Å². The van der Waals surface area contributed by atoms with Crippen LogP contribution in [0.4, 0.5) is 0 Å². The van der Waals surface area contributed by atoms with E-state index in [1.54, 1.807) is 0 Å². The van der Waals surface area contributed by atoms with Gasteiger partial charge < -0.3 is 14.5 Å². The minimum absolute atomic E-state index is 0.0999. The molecule has 0 amide bonds. The van der Waals surface area contributed by atoms with Gasteiger partial charge in [0.05, 0.1) is 12.6 Å². The highest BCUT2D eigenvalue weighted by molar-refractivity contribution is 5.53. The zero-order valence-corrected chi connectivity index (χ0v) is 12.9. The van der Waals surface area contributed by atoms with E-state index in [0.29, 0.717) is 11.8 Å². The van der Waals surface area contributed by atoms with Crippen LogP contribution in [-0.2, 0) is 0 Å². The molecule has 1 heterocycles. The summed E-state index contributed by atoms with van der Waals surface area (Å²) >= 11 is 0. The van der Waals surface area contributed by atoms with E-state index in [9.17, 15) is 0 Å². The van der Waals surface area contributed by atoms with E-state index in [2.05, 4.69) is 29.4 Å². The molecule has 1 unspecified atom stereocenters. The highest BCUT2D eigenvalue weighted by atomic mass is 16.5. The first kappa shape index (κ1) is 15.5. The summed E-state index contributed by atoms with van der Waals surface area (Å²) in [5.41, 5.74) is 0.905. The van der Waals surface area contributed by atoms with E-state index in [1.165, 1.54) is 0 Å². The molecule has 0 bridgehead atoms. The first-order valence-corrected chi connectivity index (χ1v) is 7.52. The summed E-state index contributed by atoms with van der Waals surface area (Å²) < 4.78 is 11.4. The summed E-state index contributed by atoms with van der Waals surface area (Å²) in [6.07, 6.45) is 3.10. The lowest BCUT2D eigenvalue weighted by atomic mass is 10.2. The van der Waals surface area contributed by atoms with Gasteiger partial charge in [-0.05, 0) is 44.2 Å². The van der Waals surface area contributed by atoms with Crippen LogP contribution in [0.15, 0.2) is 28.7 Å². The molecule has 0 saturated heterocycles. The van der Waals surface area contributed by atoms with E-state index in [4.69, 9.17) is 9.15 Å². The lowest BCUT2D eigenvalue weighted by Crippen LogP contribution is -2.15. The largest absolute Gasteiger partial charge is 0.494 e. The van der Waals surface area contributed by atoms with Gasteiger partial charge in [-0.1, -0.05) is 20.3 Å². The molecule has 0 fully saturated rings. The Morgan fingerprint density at radius 1 is 1.19 bits per heavy atom. The van der Waals surface area contributed by atoms with E-state index in [-0.39, 0.29) is 6.04 Å². The molecule has 5 nitrogen and oxygen atoms in total. The minimum Gasteiger partial charge on any atom is -0.494 e. The maximum Gasteiger partial charge on any atom is 0.247 e. The fourth-order valence-corrected chi connectivity index (χ4v) is 2.02. The Kier molecular flexibility index (Phi) is 5.75. The molecule has 2 rings (SSSR count). The number of nitrogens with one attached hydrogen (secondary N) is 1. The van der Waals surface area contributed by atoms with Crippen LogP contribution in [0.5, 0.6) is 5.75 Å². The third-order valence-corrected chi connectivity index (χ3v) is 3.36. The molecular formula is C16H23N3O2. The number of hydrogen-bond donors (Lipinski definition) is 1. The predicted molar refractivity (Wildman–Crippen MR) is 82.2 cm³/mol. The number of ether oxygens (including phenoxy) is 1. The van der Waals surface area contributed by atoms with Crippen LogP contribution in [0.2, 0.25) is 0 Å². The quantitative estimate of drug-likeness (QED) is 0.753. The highest BCUT2D eigenvalue weighted by Gasteiger charge is 2.15. The monoisotopic (exact) mass is 289 g/mol. The van der Waals surface area contributed by atoms with Crippen molar-refractivity contribution in [2.45, 2.75) is 39.2 Å². The summed E-state index contributed by atoms with van der Waals surface area (Å²) in [5, 5.41) is 11.4. The van der Waals surface area contributed by atoms with E-state index in [0.717, 1.165) is 37.2 Å². The SMILES string of the molecule is CCCCOc1ccc(-c2nnc(C(CC)NC)o2)cc1. The average molecular weight is 289 g/mol. The van der Waals surface area contributed by atoms with Gasteiger partial charge in [0, 0.05) is 5.56 Å². The number of rotatable bonds is 8. The molecule has 21 heavy (non-hydrogen) atoms. The van der Waals surface area contributed by atoms with Crippen molar-refractivity contribution in [3.05, 3.63) is 30.2 Å². The number of benzene rings is 1. The number of unbranched alkanes of at least 4 members (excludes halogenated alkanes) is 1. The average Bonchev–Trinajstić information content (AvgIpc) is 2.99. The van der Waals surface area contributed by atoms with Gasteiger partial charge in [0.15, 0.2) is 0 Å². The second-order valence-corrected chi connectivity index (χ2v) is 4.92. The molecule has 0 aliphatic rings. The Labute approximate surface area is 125 Å². The fraction of sp³-hybridized carbons (Fsp3) is 0.500. The Morgan fingerprint density at radius 3 is 2.57 bits per heavy atom. The van der Waals surface area contributed by atoms with Crippen molar-refractivity contribution in [3.63, 3.8) is 0 Å². The standard InChI is InChI=1S/C16H23N3O2/c1-4-6-11-20-13-9-7-12(8-10-13)15-18-19-16(21-15)14(5-2)17-3/h7-10,14,17H,4-6,11H2,1-3H3. The fourth-order valence-electron chi connectivity index (χ4n) is 2.02. The first-order chi connectivity index (χ1) is 10.3. The summed E-state index contributed by atoms with van der Waals surface area (Å²) in [7, 11) is 1.89. The van der Waals surface area contributed by atoms with Gasteiger partial charge in [-0.15, -0.1) is 10.2 Å². The normalized spacial score (nSPS) is 12.3. The predicted octanol–water partition coefficient (Wildman–Crippen LogP) is 3.59. The van der Waals surface area contributed by atoms with Crippen LogP contribution in [0.1, 0.15) is 45.0 Å². The number of aromatic nitrogens is 2. The Morgan fingerprint density at radius 2 is 1.95 bits per heavy atom. The summed E-state index contributed by atoms with van der Waals surface area (Å²) in [5.74, 6) is 2.03. The van der Waals surface area contributed by atoms with Crippen LogP contribution < -0.4 is 10.1 Å². The van der Waals surface area contributed by atoms with E-state index >= 15 is 0 Å². The lowest BCUT2D eigenvalue weighted by Gasteiger charge is -2.07. The lowest BCUT2D eigenvalue weighted by molar-refractivity contribution is 0.309. The molecule has 1 aromatic heterocycles. The Balaban J connectivity index is 2.05. The first-order valence-electron chi connectivity index (χ1n) is 7.52. The third kappa shape index (κ3) is 4.04. The zero-order chi connectivity index (χ0) is 15.1. The molecule has 5 heteroatoms. The third-order valence-electron chi connectivity index (χ3n) is 3.36. The molecule has 0 spiro atoms. The molecule has 1 aromatic carbocycles.